The van der Waals surface area contributed by atoms with Gasteiger partial charge in [-0.25, -0.2) is 4.98 Å². The Morgan fingerprint density at radius 1 is 1.47 bits per heavy atom. The van der Waals surface area contributed by atoms with Crippen molar-refractivity contribution in [3.05, 3.63) is 34.7 Å². The van der Waals surface area contributed by atoms with E-state index in [1.165, 1.54) is 6.20 Å². The fraction of sp³-hybridized carbons (Fsp3) is 0.182. The van der Waals surface area contributed by atoms with Crippen LogP contribution < -0.4 is 10.5 Å². The smallest absolute Gasteiger partial charge is 0.279 e. The van der Waals surface area contributed by atoms with E-state index in [1.807, 2.05) is 6.92 Å². The van der Waals surface area contributed by atoms with Gasteiger partial charge in [-0.05, 0) is 34.1 Å². The number of nitrogens with one attached hydrogen (secondary N) is 2. The molecule has 2 aromatic rings. The van der Waals surface area contributed by atoms with Crippen molar-refractivity contribution in [1.82, 2.24) is 9.97 Å². The van der Waals surface area contributed by atoms with Crippen LogP contribution in [0.15, 0.2) is 33.9 Å². The molecule has 1 aromatic carbocycles. The third-order valence-electron chi connectivity index (χ3n) is 2.46. The quantitative estimate of drug-likeness (QED) is 0.739. The lowest BCUT2D eigenvalue weighted by molar-refractivity contribution is 0.598. The molecule has 19 heavy (non-hydrogen) atoms. The first-order valence-electron chi connectivity index (χ1n) is 5.54. The molecule has 0 aliphatic heterocycles. The Balaban J connectivity index is 2.33. The number of hydrogen-bond donors (Lipinski definition) is 3. The molecule has 0 bridgehead atoms. The zero-order valence-corrected chi connectivity index (χ0v) is 12.5. The van der Waals surface area contributed by atoms with E-state index in [9.17, 15) is 8.42 Å². The maximum atomic E-state index is 12.2. The summed E-state index contributed by atoms with van der Waals surface area (Å²) in [6, 6.07) is 4.89. The number of sulfonamides is 1. The lowest BCUT2D eigenvalue weighted by Gasteiger charge is -2.08. The molecule has 2 rings (SSSR count). The second kappa shape index (κ2) is 5.22. The molecule has 4 N–H and O–H groups in total. The van der Waals surface area contributed by atoms with Gasteiger partial charge in [0.05, 0.1) is 11.9 Å². The van der Waals surface area contributed by atoms with Gasteiger partial charge < -0.3 is 10.7 Å². The Morgan fingerprint density at radius 2 is 2.21 bits per heavy atom. The van der Waals surface area contributed by atoms with Crippen LogP contribution in [0.25, 0.3) is 0 Å². The van der Waals surface area contributed by atoms with Gasteiger partial charge in [0.2, 0.25) is 0 Å². The summed E-state index contributed by atoms with van der Waals surface area (Å²) in [5, 5.41) is 0.0266. The number of nitrogen functional groups attached to an aromatic ring is 1. The molecule has 6 nitrogen and oxygen atoms in total. The predicted molar refractivity (Wildman–Crippen MR) is 77.3 cm³/mol. The Hall–Kier alpha value is -1.54. The number of nitrogens with zero attached hydrogens (tertiary/aromatic N) is 1. The van der Waals surface area contributed by atoms with Gasteiger partial charge in [-0.3, -0.25) is 4.72 Å². The van der Waals surface area contributed by atoms with Gasteiger partial charge in [-0.15, -0.1) is 0 Å². The molecule has 0 aliphatic carbocycles. The van der Waals surface area contributed by atoms with Crippen LogP contribution in [-0.4, -0.2) is 18.4 Å². The molecule has 0 fully saturated rings. The number of hydrogen-bond acceptors (Lipinski definition) is 4. The summed E-state index contributed by atoms with van der Waals surface area (Å²) in [6.07, 6.45) is 1.93. The first-order chi connectivity index (χ1) is 8.92. The summed E-state index contributed by atoms with van der Waals surface area (Å²) >= 11 is 3.27. The lowest BCUT2D eigenvalue weighted by atomic mass is 10.3. The predicted octanol–water partition coefficient (Wildman–Crippen LogP) is 2.12. The zero-order valence-electron chi connectivity index (χ0n) is 10.1. The van der Waals surface area contributed by atoms with Crippen LogP contribution in [-0.2, 0) is 16.4 Å². The molecular weight excluding hydrogens is 332 g/mol. The topological polar surface area (TPSA) is 101 Å². The second-order valence-corrected chi connectivity index (χ2v) is 6.40. The highest BCUT2D eigenvalue weighted by Crippen LogP contribution is 2.26. The van der Waals surface area contributed by atoms with Gasteiger partial charge in [0.25, 0.3) is 10.0 Å². The third kappa shape index (κ3) is 3.07. The normalized spacial score (nSPS) is 11.5. The van der Waals surface area contributed by atoms with E-state index < -0.39 is 10.0 Å². The fourth-order valence-electron chi connectivity index (χ4n) is 1.48. The number of halogens is 1. The number of nitrogens with two attached hydrogens (primary N) is 1. The van der Waals surface area contributed by atoms with Crippen molar-refractivity contribution in [2.45, 2.75) is 18.4 Å². The van der Waals surface area contributed by atoms with Gasteiger partial charge in [0.15, 0.2) is 5.03 Å². The molecule has 1 heterocycles. The minimum Gasteiger partial charge on any atom is -0.399 e. The van der Waals surface area contributed by atoms with Crippen LogP contribution >= 0.6 is 15.9 Å². The molecule has 0 aliphatic rings. The van der Waals surface area contributed by atoms with Gasteiger partial charge in [0.1, 0.15) is 5.82 Å². The van der Waals surface area contributed by atoms with Crippen molar-refractivity contribution in [3.63, 3.8) is 0 Å². The monoisotopic (exact) mass is 344 g/mol. The van der Waals surface area contributed by atoms with Crippen molar-refractivity contribution >= 4 is 37.3 Å². The van der Waals surface area contributed by atoms with Gasteiger partial charge in [-0.2, -0.15) is 8.42 Å². The van der Waals surface area contributed by atoms with Crippen molar-refractivity contribution in [1.29, 1.82) is 0 Å². The first kappa shape index (κ1) is 13.9. The third-order valence-corrected chi connectivity index (χ3v) is 4.43. The number of imidazole rings is 1. The van der Waals surface area contributed by atoms with Gasteiger partial charge in [0, 0.05) is 16.6 Å². The molecule has 0 saturated heterocycles. The molecule has 0 spiro atoms. The van der Waals surface area contributed by atoms with Crippen LogP contribution in [0, 0.1) is 0 Å². The van der Waals surface area contributed by atoms with Gasteiger partial charge >= 0.3 is 0 Å². The summed E-state index contributed by atoms with van der Waals surface area (Å²) in [5.74, 6) is 0.618. The molecule has 1 aromatic heterocycles. The molecule has 0 unspecified atom stereocenters. The molecular formula is C11H13BrN4O2S. The minimum atomic E-state index is -3.70. The van der Waals surface area contributed by atoms with Crippen molar-refractivity contribution in [2.24, 2.45) is 0 Å². The molecule has 102 valence electrons. The summed E-state index contributed by atoms with van der Waals surface area (Å²) in [7, 11) is -3.70. The summed E-state index contributed by atoms with van der Waals surface area (Å²) in [6.45, 7) is 1.89. The number of aromatic amines is 1. The maximum absolute atomic E-state index is 12.2. The zero-order chi connectivity index (χ0) is 14.0. The highest BCUT2D eigenvalue weighted by molar-refractivity contribution is 9.10. The van der Waals surface area contributed by atoms with Crippen molar-refractivity contribution < 1.29 is 8.42 Å². The highest BCUT2D eigenvalue weighted by Gasteiger charge is 2.18. The van der Waals surface area contributed by atoms with Crippen molar-refractivity contribution in [2.75, 3.05) is 10.5 Å². The standard InChI is InChI=1S/C11H13BrN4O2S/c1-2-10-14-6-11(15-10)19(17,18)16-9-5-7(13)3-4-8(9)12/h3-6,16H,2,13H2,1H3,(H,14,15). The van der Waals surface area contributed by atoms with Crippen LogP contribution in [0.1, 0.15) is 12.7 Å². The number of H-pyrrole nitrogens is 1. The average molecular weight is 345 g/mol. The molecule has 0 atom stereocenters. The first-order valence-corrected chi connectivity index (χ1v) is 7.81. The van der Waals surface area contributed by atoms with Crippen molar-refractivity contribution in [3.8, 4) is 0 Å². The van der Waals surface area contributed by atoms with Crippen LogP contribution in [0.4, 0.5) is 11.4 Å². The Morgan fingerprint density at radius 3 is 2.84 bits per heavy atom. The van der Waals surface area contributed by atoms with Gasteiger partial charge in [-0.1, -0.05) is 6.92 Å². The summed E-state index contributed by atoms with van der Waals surface area (Å²) in [5.41, 5.74) is 6.49. The van der Waals surface area contributed by atoms with E-state index in [0.29, 0.717) is 28.1 Å². The number of aromatic nitrogens is 2. The number of rotatable bonds is 4. The molecule has 0 saturated carbocycles. The minimum absolute atomic E-state index is 0.0266. The van der Waals surface area contributed by atoms with E-state index in [-0.39, 0.29) is 5.03 Å². The lowest BCUT2D eigenvalue weighted by Crippen LogP contribution is -2.14. The largest absolute Gasteiger partial charge is 0.399 e. The van der Waals surface area contributed by atoms with Crippen LogP contribution in [0.5, 0.6) is 0 Å². The molecule has 0 radical (unpaired) electrons. The average Bonchev–Trinajstić information content (AvgIpc) is 2.83. The SMILES string of the molecule is CCc1ncc(S(=O)(=O)Nc2cc(N)ccc2Br)[nH]1. The number of anilines is 2. The summed E-state index contributed by atoms with van der Waals surface area (Å²) < 4.78 is 27.4. The van der Waals surface area contributed by atoms with Crippen LogP contribution in [0.3, 0.4) is 0 Å². The fourth-order valence-corrected chi connectivity index (χ4v) is 2.97. The van der Waals surface area contributed by atoms with Crippen LogP contribution in [0.2, 0.25) is 0 Å². The second-order valence-electron chi connectivity index (χ2n) is 3.89. The Kier molecular flexibility index (Phi) is 3.81. The van der Waals surface area contributed by atoms with E-state index in [1.54, 1.807) is 18.2 Å². The maximum Gasteiger partial charge on any atom is 0.279 e. The van der Waals surface area contributed by atoms with E-state index in [2.05, 4.69) is 30.6 Å². The molecule has 8 heteroatoms. The molecule has 0 amide bonds. The highest BCUT2D eigenvalue weighted by atomic mass is 79.9. The Labute approximate surface area is 119 Å². The number of aryl methyl sites for hydroxylation is 1. The Bertz CT molecular complexity index is 696. The number of benzene rings is 1. The van der Waals surface area contributed by atoms with E-state index >= 15 is 0 Å². The van der Waals surface area contributed by atoms with E-state index in [4.69, 9.17) is 5.73 Å². The summed E-state index contributed by atoms with van der Waals surface area (Å²) in [4.78, 5) is 6.72. The van der Waals surface area contributed by atoms with E-state index in [0.717, 1.165) is 0 Å².